The van der Waals surface area contributed by atoms with Gasteiger partial charge in [-0.1, -0.05) is 5.16 Å². The van der Waals surface area contributed by atoms with Crippen LogP contribution < -0.4 is 5.32 Å². The summed E-state index contributed by atoms with van der Waals surface area (Å²) in [6.45, 7) is 2.37. The van der Waals surface area contributed by atoms with Crippen LogP contribution in [-0.4, -0.2) is 20.1 Å². The Morgan fingerprint density at radius 2 is 2.33 bits per heavy atom. The molecule has 0 amide bonds. The molecule has 0 bridgehead atoms. The molecule has 0 aliphatic rings. The SMILES string of the molecule is Cc1cc(CNc2nc(Cl)nc3[nH]ccc23)no1. The van der Waals surface area contributed by atoms with Crippen LogP contribution in [0.4, 0.5) is 5.82 Å². The minimum absolute atomic E-state index is 0.198. The van der Waals surface area contributed by atoms with Crippen molar-refractivity contribution in [2.45, 2.75) is 13.5 Å². The van der Waals surface area contributed by atoms with Gasteiger partial charge in [-0.25, -0.2) is 4.98 Å². The molecule has 0 saturated carbocycles. The Bertz CT molecular complexity index is 690. The molecule has 0 fully saturated rings. The van der Waals surface area contributed by atoms with E-state index in [0.29, 0.717) is 18.0 Å². The molecule has 0 aliphatic heterocycles. The number of aryl methyl sites for hydroxylation is 1. The zero-order valence-corrected chi connectivity index (χ0v) is 10.3. The van der Waals surface area contributed by atoms with Crippen LogP contribution in [0.25, 0.3) is 11.0 Å². The van der Waals surface area contributed by atoms with E-state index in [9.17, 15) is 0 Å². The quantitative estimate of drug-likeness (QED) is 0.710. The normalized spacial score (nSPS) is 11.0. The molecule has 92 valence electrons. The van der Waals surface area contributed by atoms with Crippen LogP contribution >= 0.6 is 11.6 Å². The van der Waals surface area contributed by atoms with Crippen molar-refractivity contribution in [3.05, 3.63) is 35.1 Å². The van der Waals surface area contributed by atoms with E-state index in [1.54, 1.807) is 6.20 Å². The zero-order chi connectivity index (χ0) is 12.5. The fourth-order valence-electron chi connectivity index (χ4n) is 1.72. The van der Waals surface area contributed by atoms with Gasteiger partial charge in [0.15, 0.2) is 0 Å². The number of halogens is 1. The lowest BCUT2D eigenvalue weighted by Gasteiger charge is -2.04. The topological polar surface area (TPSA) is 79.6 Å². The first-order valence-electron chi connectivity index (χ1n) is 5.39. The number of hydrogen-bond acceptors (Lipinski definition) is 5. The highest BCUT2D eigenvalue weighted by Crippen LogP contribution is 2.21. The Kier molecular flexibility index (Phi) is 2.64. The molecule has 0 aromatic carbocycles. The maximum absolute atomic E-state index is 5.85. The molecule has 0 saturated heterocycles. The van der Waals surface area contributed by atoms with Gasteiger partial charge in [0.05, 0.1) is 11.9 Å². The lowest BCUT2D eigenvalue weighted by molar-refractivity contribution is 0.391. The van der Waals surface area contributed by atoms with Gasteiger partial charge >= 0.3 is 0 Å². The van der Waals surface area contributed by atoms with E-state index < -0.39 is 0 Å². The first kappa shape index (κ1) is 11.0. The lowest BCUT2D eigenvalue weighted by Crippen LogP contribution is -2.03. The van der Waals surface area contributed by atoms with E-state index in [0.717, 1.165) is 16.8 Å². The van der Waals surface area contributed by atoms with Crippen molar-refractivity contribution in [3.63, 3.8) is 0 Å². The Morgan fingerprint density at radius 1 is 1.44 bits per heavy atom. The van der Waals surface area contributed by atoms with E-state index in [2.05, 4.69) is 25.4 Å². The van der Waals surface area contributed by atoms with Gasteiger partial charge in [0.25, 0.3) is 0 Å². The molecule has 2 N–H and O–H groups in total. The molecule has 0 spiro atoms. The molecular weight excluding hydrogens is 254 g/mol. The number of anilines is 1. The van der Waals surface area contributed by atoms with Gasteiger partial charge in [-0.2, -0.15) is 4.98 Å². The summed E-state index contributed by atoms with van der Waals surface area (Å²) in [6.07, 6.45) is 1.79. The van der Waals surface area contributed by atoms with Crippen LogP contribution in [-0.2, 0) is 6.54 Å². The van der Waals surface area contributed by atoms with Crippen LogP contribution in [0.2, 0.25) is 5.28 Å². The number of H-pyrrole nitrogens is 1. The molecule has 0 radical (unpaired) electrons. The maximum atomic E-state index is 5.85. The minimum Gasteiger partial charge on any atom is -0.364 e. The summed E-state index contributed by atoms with van der Waals surface area (Å²) in [5.74, 6) is 1.45. The molecule has 0 atom stereocenters. The zero-order valence-electron chi connectivity index (χ0n) is 9.57. The van der Waals surface area contributed by atoms with Crippen molar-refractivity contribution in [1.82, 2.24) is 20.1 Å². The summed E-state index contributed by atoms with van der Waals surface area (Å²) in [4.78, 5) is 11.2. The fourth-order valence-corrected chi connectivity index (χ4v) is 1.89. The average molecular weight is 264 g/mol. The molecule has 3 aromatic heterocycles. The Hall–Kier alpha value is -2.08. The number of rotatable bonds is 3. The third-order valence-electron chi connectivity index (χ3n) is 2.50. The molecular formula is C11H10ClN5O. The Morgan fingerprint density at radius 3 is 3.11 bits per heavy atom. The van der Waals surface area contributed by atoms with Crippen LogP contribution in [0.15, 0.2) is 22.9 Å². The van der Waals surface area contributed by atoms with Crippen LogP contribution in [0, 0.1) is 6.92 Å². The number of hydrogen-bond donors (Lipinski definition) is 2. The summed E-state index contributed by atoms with van der Waals surface area (Å²) < 4.78 is 4.99. The van der Waals surface area contributed by atoms with Gasteiger partial charge in [0.2, 0.25) is 5.28 Å². The van der Waals surface area contributed by atoms with E-state index in [-0.39, 0.29) is 5.28 Å². The first-order chi connectivity index (χ1) is 8.72. The number of aromatic amines is 1. The highest BCUT2D eigenvalue weighted by atomic mass is 35.5. The molecule has 3 heterocycles. The predicted molar refractivity (Wildman–Crippen MR) is 67.5 cm³/mol. The molecule has 3 aromatic rings. The third kappa shape index (κ3) is 2.02. The van der Waals surface area contributed by atoms with Crippen LogP contribution in [0.3, 0.4) is 0 Å². The van der Waals surface area contributed by atoms with Crippen molar-refractivity contribution >= 4 is 28.5 Å². The van der Waals surface area contributed by atoms with Crippen LogP contribution in [0.1, 0.15) is 11.5 Å². The van der Waals surface area contributed by atoms with Crippen molar-refractivity contribution in [2.24, 2.45) is 0 Å². The second kappa shape index (κ2) is 4.30. The van der Waals surface area contributed by atoms with Gasteiger partial charge < -0.3 is 14.8 Å². The summed E-state index contributed by atoms with van der Waals surface area (Å²) >= 11 is 5.85. The van der Waals surface area contributed by atoms with E-state index in [4.69, 9.17) is 16.1 Å². The Labute approximate surface area is 107 Å². The summed E-state index contributed by atoms with van der Waals surface area (Å²) in [5, 5.41) is 8.15. The number of nitrogens with zero attached hydrogens (tertiary/aromatic N) is 3. The summed E-state index contributed by atoms with van der Waals surface area (Å²) in [6, 6.07) is 3.76. The molecule has 3 rings (SSSR count). The molecule has 0 unspecified atom stereocenters. The predicted octanol–water partition coefficient (Wildman–Crippen LogP) is 2.52. The van der Waals surface area contributed by atoms with Gasteiger partial charge in [-0.15, -0.1) is 0 Å². The lowest BCUT2D eigenvalue weighted by atomic mass is 10.3. The second-order valence-electron chi connectivity index (χ2n) is 3.86. The fraction of sp³-hybridized carbons (Fsp3) is 0.182. The standard InChI is InChI=1S/C11H10ClN5O/c1-6-4-7(17-18-6)5-14-10-8-2-3-13-9(8)15-11(12)16-10/h2-4H,5H2,1H3,(H2,13,14,15,16). The largest absolute Gasteiger partial charge is 0.364 e. The van der Waals surface area contributed by atoms with Gasteiger partial charge in [-0.05, 0) is 24.6 Å². The molecule has 7 heteroatoms. The van der Waals surface area contributed by atoms with Crippen molar-refractivity contribution in [3.8, 4) is 0 Å². The molecule has 0 aliphatic carbocycles. The first-order valence-corrected chi connectivity index (χ1v) is 5.77. The highest BCUT2D eigenvalue weighted by molar-refractivity contribution is 6.28. The third-order valence-corrected chi connectivity index (χ3v) is 2.67. The van der Waals surface area contributed by atoms with Crippen molar-refractivity contribution < 1.29 is 4.52 Å². The number of aromatic nitrogens is 4. The minimum atomic E-state index is 0.198. The Balaban J connectivity index is 1.87. The van der Waals surface area contributed by atoms with E-state index in [1.807, 2.05) is 19.1 Å². The summed E-state index contributed by atoms with van der Waals surface area (Å²) in [5.41, 5.74) is 1.51. The van der Waals surface area contributed by atoms with Crippen LogP contribution in [0.5, 0.6) is 0 Å². The molecule has 18 heavy (non-hydrogen) atoms. The number of fused-ring (bicyclic) bond motifs is 1. The monoisotopic (exact) mass is 263 g/mol. The highest BCUT2D eigenvalue weighted by Gasteiger charge is 2.08. The van der Waals surface area contributed by atoms with Gasteiger partial charge in [0.1, 0.15) is 22.9 Å². The number of nitrogens with one attached hydrogen (secondary N) is 2. The molecule has 6 nitrogen and oxygen atoms in total. The second-order valence-corrected chi connectivity index (χ2v) is 4.20. The van der Waals surface area contributed by atoms with Gasteiger partial charge in [-0.3, -0.25) is 0 Å². The van der Waals surface area contributed by atoms with Crippen molar-refractivity contribution in [2.75, 3.05) is 5.32 Å². The van der Waals surface area contributed by atoms with Crippen molar-refractivity contribution in [1.29, 1.82) is 0 Å². The smallest absolute Gasteiger partial charge is 0.226 e. The van der Waals surface area contributed by atoms with Gasteiger partial charge in [0, 0.05) is 12.3 Å². The maximum Gasteiger partial charge on any atom is 0.226 e. The van der Waals surface area contributed by atoms with E-state index in [1.165, 1.54) is 0 Å². The summed E-state index contributed by atoms with van der Waals surface area (Å²) in [7, 11) is 0. The van der Waals surface area contributed by atoms with E-state index >= 15 is 0 Å². The average Bonchev–Trinajstić information content (AvgIpc) is 2.94.